The molecule has 1 aliphatic heterocycles. The van der Waals surface area contributed by atoms with Crippen LogP contribution in [0.2, 0.25) is 0 Å². The first-order chi connectivity index (χ1) is 12.9. The highest BCUT2D eigenvalue weighted by Crippen LogP contribution is 2.34. The van der Waals surface area contributed by atoms with Crippen LogP contribution in [0.3, 0.4) is 0 Å². The summed E-state index contributed by atoms with van der Waals surface area (Å²) in [6.07, 6.45) is 6.16. The number of likely N-dealkylation sites (tertiary alicyclic amines) is 1. The minimum absolute atomic E-state index is 0.0211. The smallest absolute Gasteiger partial charge is 0.317 e. The van der Waals surface area contributed by atoms with Gasteiger partial charge in [-0.2, -0.15) is 0 Å². The van der Waals surface area contributed by atoms with E-state index in [0.717, 1.165) is 32.2 Å². The largest absolute Gasteiger partial charge is 0.480 e. The Morgan fingerprint density at radius 1 is 1.26 bits per heavy atom. The normalized spacial score (nSPS) is 27.9. The topological polar surface area (TPSA) is 90.0 Å². The van der Waals surface area contributed by atoms with Crippen molar-refractivity contribution in [1.82, 2.24) is 15.1 Å². The van der Waals surface area contributed by atoms with Crippen molar-refractivity contribution in [3.05, 3.63) is 0 Å². The molecule has 0 radical (unpaired) electrons. The number of amides is 2. The Morgan fingerprint density at radius 3 is 2.48 bits per heavy atom. The van der Waals surface area contributed by atoms with Crippen LogP contribution in [0.1, 0.15) is 58.8 Å². The molecule has 3 fully saturated rings. The zero-order valence-corrected chi connectivity index (χ0v) is 16.5. The van der Waals surface area contributed by atoms with Crippen molar-refractivity contribution in [1.29, 1.82) is 0 Å². The summed E-state index contributed by atoms with van der Waals surface area (Å²) >= 11 is 0. The van der Waals surface area contributed by atoms with Gasteiger partial charge >= 0.3 is 5.97 Å². The Labute approximate surface area is 161 Å². The third kappa shape index (κ3) is 5.00. The van der Waals surface area contributed by atoms with E-state index in [0.29, 0.717) is 18.9 Å². The third-order valence-corrected chi connectivity index (χ3v) is 6.42. The second-order valence-corrected chi connectivity index (χ2v) is 8.51. The van der Waals surface area contributed by atoms with E-state index in [9.17, 15) is 14.4 Å². The highest BCUT2D eigenvalue weighted by atomic mass is 16.4. The summed E-state index contributed by atoms with van der Waals surface area (Å²) in [5, 5.41) is 12.2. The highest BCUT2D eigenvalue weighted by molar-refractivity contribution is 5.89. The van der Waals surface area contributed by atoms with Crippen molar-refractivity contribution >= 4 is 17.8 Å². The molecule has 0 aromatic carbocycles. The molecule has 0 spiro atoms. The number of carbonyl (C=O) groups excluding carboxylic acids is 2. The molecule has 2 N–H and O–H groups in total. The second kappa shape index (κ2) is 8.59. The molecule has 0 aromatic rings. The Bertz CT molecular complexity index is 568. The van der Waals surface area contributed by atoms with Gasteiger partial charge in [0.05, 0.1) is 12.5 Å². The summed E-state index contributed by atoms with van der Waals surface area (Å²) in [6, 6.07) is 0.587. The molecule has 0 aromatic heterocycles. The summed E-state index contributed by atoms with van der Waals surface area (Å²) in [4.78, 5) is 39.9. The molecule has 0 bridgehead atoms. The molecule has 2 saturated carbocycles. The van der Waals surface area contributed by atoms with Gasteiger partial charge in [0.25, 0.3) is 0 Å². The molecular weight excluding hydrogens is 346 g/mol. The molecule has 7 heteroatoms. The number of hydrogen-bond acceptors (Lipinski definition) is 4. The SMILES string of the molecule is CCC(CC)N1CC(C(=O)NC2CC(N(CC(=O)O)CC3CC3)C2)CC1=O. The maximum Gasteiger partial charge on any atom is 0.317 e. The van der Waals surface area contributed by atoms with Gasteiger partial charge in [-0.1, -0.05) is 13.8 Å². The zero-order chi connectivity index (χ0) is 19.6. The third-order valence-electron chi connectivity index (χ3n) is 6.42. The zero-order valence-electron chi connectivity index (χ0n) is 16.5. The van der Waals surface area contributed by atoms with Gasteiger partial charge < -0.3 is 15.3 Å². The van der Waals surface area contributed by atoms with E-state index in [2.05, 4.69) is 24.1 Å². The van der Waals surface area contributed by atoms with Gasteiger partial charge in [0.15, 0.2) is 0 Å². The molecule has 27 heavy (non-hydrogen) atoms. The fourth-order valence-electron chi connectivity index (χ4n) is 4.46. The van der Waals surface area contributed by atoms with E-state index in [1.54, 1.807) is 0 Å². The van der Waals surface area contributed by atoms with Crippen molar-refractivity contribution in [2.75, 3.05) is 19.6 Å². The standard InChI is InChI=1S/C20H33N3O4/c1-3-16(4-2)23-11-14(7-18(23)24)20(27)21-15-8-17(9-15)22(12-19(25)26)10-13-5-6-13/h13-17H,3-12H2,1-2H3,(H,21,27)(H,25,26). The number of aliphatic carboxylic acids is 1. The van der Waals surface area contributed by atoms with Crippen LogP contribution >= 0.6 is 0 Å². The predicted molar refractivity (Wildman–Crippen MR) is 101 cm³/mol. The van der Waals surface area contributed by atoms with Crippen molar-refractivity contribution < 1.29 is 19.5 Å². The first kappa shape index (κ1) is 20.1. The molecule has 152 valence electrons. The first-order valence-electron chi connectivity index (χ1n) is 10.5. The van der Waals surface area contributed by atoms with Gasteiger partial charge in [-0.25, -0.2) is 0 Å². The molecule has 7 nitrogen and oxygen atoms in total. The first-order valence-corrected chi connectivity index (χ1v) is 10.5. The number of carboxylic acid groups (broad SMARTS) is 1. The van der Waals surface area contributed by atoms with Crippen molar-refractivity contribution in [2.45, 2.75) is 76.9 Å². The molecule has 1 heterocycles. The Hall–Kier alpha value is -1.63. The number of nitrogens with zero attached hydrogens (tertiary/aromatic N) is 2. The van der Waals surface area contributed by atoms with Crippen molar-refractivity contribution in [3.63, 3.8) is 0 Å². The monoisotopic (exact) mass is 379 g/mol. The Morgan fingerprint density at radius 2 is 1.93 bits per heavy atom. The summed E-state index contributed by atoms with van der Waals surface area (Å²) in [5.74, 6) is -0.314. The average molecular weight is 380 g/mol. The maximum atomic E-state index is 12.6. The molecule has 1 unspecified atom stereocenters. The van der Waals surface area contributed by atoms with Crippen LogP contribution in [-0.4, -0.2) is 70.4 Å². The van der Waals surface area contributed by atoms with Crippen molar-refractivity contribution in [2.24, 2.45) is 11.8 Å². The summed E-state index contributed by atoms with van der Waals surface area (Å²) in [6.45, 7) is 5.63. The second-order valence-electron chi connectivity index (χ2n) is 8.51. The van der Waals surface area contributed by atoms with Crippen LogP contribution < -0.4 is 5.32 Å². The molecule has 1 saturated heterocycles. The van der Waals surface area contributed by atoms with Gasteiger partial charge in [-0.05, 0) is 44.4 Å². The summed E-state index contributed by atoms with van der Waals surface area (Å²) < 4.78 is 0. The van der Waals surface area contributed by atoms with Gasteiger partial charge in [-0.15, -0.1) is 0 Å². The van der Waals surface area contributed by atoms with Gasteiger partial charge in [0.2, 0.25) is 11.8 Å². The number of carbonyl (C=O) groups is 3. The minimum atomic E-state index is -0.783. The van der Waals surface area contributed by atoms with E-state index in [1.807, 2.05) is 4.90 Å². The minimum Gasteiger partial charge on any atom is -0.480 e. The van der Waals surface area contributed by atoms with Gasteiger partial charge in [0.1, 0.15) is 0 Å². The predicted octanol–water partition coefficient (Wildman–Crippen LogP) is 1.47. The average Bonchev–Trinajstić information content (AvgIpc) is 3.31. The van der Waals surface area contributed by atoms with Crippen molar-refractivity contribution in [3.8, 4) is 0 Å². The van der Waals surface area contributed by atoms with Crippen LogP contribution in [0, 0.1) is 11.8 Å². The molecule has 2 aliphatic carbocycles. The fraction of sp³-hybridized carbons (Fsp3) is 0.850. The van der Waals surface area contributed by atoms with Crippen LogP contribution in [0.25, 0.3) is 0 Å². The fourth-order valence-corrected chi connectivity index (χ4v) is 4.46. The van der Waals surface area contributed by atoms with E-state index in [4.69, 9.17) is 5.11 Å². The quantitative estimate of drug-likeness (QED) is 0.600. The van der Waals surface area contributed by atoms with Crippen LogP contribution in [0.4, 0.5) is 0 Å². The van der Waals surface area contributed by atoms with E-state index >= 15 is 0 Å². The Balaban J connectivity index is 1.44. The van der Waals surface area contributed by atoms with Crippen LogP contribution in [0.5, 0.6) is 0 Å². The lowest BCUT2D eigenvalue weighted by atomic mass is 9.84. The van der Waals surface area contributed by atoms with E-state index in [1.165, 1.54) is 12.8 Å². The molecular formula is C20H33N3O4. The Kier molecular flexibility index (Phi) is 6.40. The lowest BCUT2D eigenvalue weighted by molar-refractivity contribution is -0.140. The summed E-state index contributed by atoms with van der Waals surface area (Å²) in [5.41, 5.74) is 0. The summed E-state index contributed by atoms with van der Waals surface area (Å²) in [7, 11) is 0. The number of rotatable bonds is 10. The lowest BCUT2D eigenvalue weighted by Crippen LogP contribution is -2.56. The van der Waals surface area contributed by atoms with Crippen LogP contribution in [0.15, 0.2) is 0 Å². The molecule has 3 rings (SSSR count). The molecule has 2 amide bonds. The maximum absolute atomic E-state index is 12.6. The van der Waals surface area contributed by atoms with Crippen LogP contribution in [-0.2, 0) is 14.4 Å². The van der Waals surface area contributed by atoms with Gasteiger partial charge in [-0.3, -0.25) is 19.3 Å². The number of nitrogens with one attached hydrogen (secondary N) is 1. The molecule has 1 atom stereocenters. The molecule has 3 aliphatic rings. The van der Waals surface area contributed by atoms with E-state index in [-0.39, 0.29) is 42.4 Å². The lowest BCUT2D eigenvalue weighted by Gasteiger charge is -2.43. The van der Waals surface area contributed by atoms with Gasteiger partial charge in [0, 0.05) is 37.6 Å². The van der Waals surface area contributed by atoms with E-state index < -0.39 is 5.97 Å². The number of carboxylic acids is 1. The highest BCUT2D eigenvalue weighted by Gasteiger charge is 2.41. The number of hydrogen-bond donors (Lipinski definition) is 2.